The van der Waals surface area contributed by atoms with Crippen molar-refractivity contribution >= 4 is 11.8 Å². The van der Waals surface area contributed by atoms with Crippen LogP contribution in [0.25, 0.3) is 0 Å². The first-order valence-electron chi connectivity index (χ1n) is 11.0. The van der Waals surface area contributed by atoms with E-state index in [9.17, 15) is 9.59 Å². The van der Waals surface area contributed by atoms with Crippen molar-refractivity contribution in [2.45, 2.75) is 32.4 Å². The van der Waals surface area contributed by atoms with E-state index in [2.05, 4.69) is 30.0 Å². The Bertz CT molecular complexity index is 928. The van der Waals surface area contributed by atoms with E-state index in [1.165, 1.54) is 5.56 Å². The Morgan fingerprint density at radius 1 is 1.03 bits per heavy atom. The highest BCUT2D eigenvalue weighted by Gasteiger charge is 2.38. The summed E-state index contributed by atoms with van der Waals surface area (Å²) >= 11 is 0. The maximum atomic E-state index is 13.3. The Morgan fingerprint density at radius 3 is 2.58 bits per heavy atom. The van der Waals surface area contributed by atoms with Gasteiger partial charge in [0.1, 0.15) is 11.8 Å². The summed E-state index contributed by atoms with van der Waals surface area (Å²) in [7, 11) is 1.63. The van der Waals surface area contributed by atoms with Crippen LogP contribution >= 0.6 is 0 Å². The Labute approximate surface area is 184 Å². The number of fused-ring (bicyclic) bond motifs is 1. The average molecular weight is 422 g/mol. The molecule has 0 bridgehead atoms. The minimum Gasteiger partial charge on any atom is -0.497 e. The fourth-order valence-corrected chi connectivity index (χ4v) is 4.55. The van der Waals surface area contributed by atoms with Gasteiger partial charge in [-0.3, -0.25) is 14.5 Å². The van der Waals surface area contributed by atoms with E-state index in [1.807, 2.05) is 40.1 Å². The summed E-state index contributed by atoms with van der Waals surface area (Å²) in [5.74, 6) is 0.996. The minimum absolute atomic E-state index is 0.0793. The number of ether oxygens (including phenoxy) is 1. The fourth-order valence-electron chi connectivity index (χ4n) is 4.55. The maximum Gasteiger partial charge on any atom is 0.242 e. The van der Waals surface area contributed by atoms with Crippen molar-refractivity contribution in [1.29, 1.82) is 0 Å². The van der Waals surface area contributed by atoms with Gasteiger partial charge >= 0.3 is 0 Å². The second-order valence-electron chi connectivity index (χ2n) is 8.52. The number of piperazine rings is 1. The van der Waals surface area contributed by atoms with E-state index in [0.717, 1.165) is 42.9 Å². The number of rotatable bonds is 5. The topological polar surface area (TPSA) is 53.1 Å². The zero-order chi connectivity index (χ0) is 21.8. The first kappa shape index (κ1) is 21.4. The summed E-state index contributed by atoms with van der Waals surface area (Å²) < 4.78 is 5.19. The van der Waals surface area contributed by atoms with E-state index in [-0.39, 0.29) is 17.9 Å². The lowest BCUT2D eigenvalue weighted by atomic mass is 10.1. The van der Waals surface area contributed by atoms with Crippen LogP contribution < -0.4 is 4.74 Å². The second-order valence-corrected chi connectivity index (χ2v) is 8.52. The van der Waals surface area contributed by atoms with Crippen molar-refractivity contribution in [3.63, 3.8) is 0 Å². The number of hydrogen-bond donors (Lipinski definition) is 0. The van der Waals surface area contributed by atoms with Crippen molar-refractivity contribution in [3.05, 3.63) is 65.2 Å². The standard InChI is InChI=1S/C25H31N3O3/c1-19-5-3-6-21(15-19)17-28-14-13-26-11-4-12-27(18-23(26)25(28)30)24(29)16-20-7-9-22(31-2)10-8-20/h3,5-10,15,23H,4,11-14,16-18H2,1-2H3. The number of aryl methyl sites for hydroxylation is 1. The van der Waals surface area contributed by atoms with Crippen LogP contribution in [0, 0.1) is 6.92 Å². The molecule has 2 aliphatic rings. The summed E-state index contributed by atoms with van der Waals surface area (Å²) in [5.41, 5.74) is 3.32. The van der Waals surface area contributed by atoms with Gasteiger partial charge in [0.2, 0.25) is 11.8 Å². The zero-order valence-electron chi connectivity index (χ0n) is 18.4. The van der Waals surface area contributed by atoms with E-state index < -0.39 is 0 Å². The van der Waals surface area contributed by atoms with Gasteiger partial charge in [0, 0.05) is 39.3 Å². The summed E-state index contributed by atoms with van der Waals surface area (Å²) in [6, 6.07) is 15.7. The first-order valence-corrected chi connectivity index (χ1v) is 11.0. The van der Waals surface area contributed by atoms with Gasteiger partial charge in [-0.1, -0.05) is 42.0 Å². The highest BCUT2D eigenvalue weighted by molar-refractivity contribution is 5.85. The van der Waals surface area contributed by atoms with Gasteiger partial charge in [-0.2, -0.15) is 0 Å². The summed E-state index contributed by atoms with van der Waals surface area (Å²) in [6.45, 7) is 6.34. The third kappa shape index (κ3) is 5.07. The molecule has 2 amide bonds. The summed E-state index contributed by atoms with van der Waals surface area (Å²) in [6.07, 6.45) is 1.24. The fraction of sp³-hybridized carbons (Fsp3) is 0.440. The average Bonchev–Trinajstić information content (AvgIpc) is 3.00. The Kier molecular flexibility index (Phi) is 6.56. The molecule has 0 radical (unpaired) electrons. The van der Waals surface area contributed by atoms with E-state index in [4.69, 9.17) is 4.74 Å². The molecule has 6 nitrogen and oxygen atoms in total. The molecule has 2 fully saturated rings. The van der Waals surface area contributed by atoms with Gasteiger partial charge in [-0.25, -0.2) is 0 Å². The molecule has 0 N–H and O–H groups in total. The van der Waals surface area contributed by atoms with E-state index in [1.54, 1.807) is 7.11 Å². The molecule has 2 aromatic carbocycles. The largest absolute Gasteiger partial charge is 0.497 e. The number of carbonyl (C=O) groups is 2. The van der Waals surface area contributed by atoms with Gasteiger partial charge in [0.15, 0.2) is 0 Å². The lowest BCUT2D eigenvalue weighted by molar-refractivity contribution is -0.143. The van der Waals surface area contributed by atoms with Crippen LogP contribution in [-0.2, 0) is 22.6 Å². The highest BCUT2D eigenvalue weighted by atomic mass is 16.5. The molecule has 31 heavy (non-hydrogen) atoms. The molecule has 1 atom stereocenters. The molecule has 0 saturated carbocycles. The van der Waals surface area contributed by atoms with Crippen molar-refractivity contribution < 1.29 is 14.3 Å². The number of carbonyl (C=O) groups excluding carboxylic acids is 2. The molecule has 4 rings (SSSR count). The Hall–Kier alpha value is -2.86. The maximum absolute atomic E-state index is 13.3. The molecule has 0 aromatic heterocycles. The van der Waals surface area contributed by atoms with Crippen LogP contribution in [0.15, 0.2) is 48.5 Å². The number of amides is 2. The van der Waals surface area contributed by atoms with Gasteiger partial charge in [0.05, 0.1) is 13.5 Å². The molecule has 164 valence electrons. The van der Waals surface area contributed by atoms with Crippen molar-refractivity contribution in [3.8, 4) is 5.75 Å². The monoisotopic (exact) mass is 421 g/mol. The third-order valence-corrected chi connectivity index (χ3v) is 6.28. The molecule has 2 aliphatic heterocycles. The summed E-state index contributed by atoms with van der Waals surface area (Å²) in [5, 5.41) is 0. The van der Waals surface area contributed by atoms with Crippen LogP contribution in [0.5, 0.6) is 5.75 Å². The smallest absolute Gasteiger partial charge is 0.242 e. The van der Waals surface area contributed by atoms with Crippen LogP contribution in [0.2, 0.25) is 0 Å². The SMILES string of the molecule is COc1ccc(CC(=O)N2CCCN3CCN(Cc4cccc(C)c4)C(=O)C3C2)cc1. The second kappa shape index (κ2) is 9.52. The normalized spacial score (nSPS) is 19.7. The van der Waals surface area contributed by atoms with Crippen molar-refractivity contribution in [1.82, 2.24) is 14.7 Å². The molecule has 2 aromatic rings. The molecule has 0 spiro atoms. The van der Waals surface area contributed by atoms with Crippen LogP contribution in [0.3, 0.4) is 0 Å². The molecule has 6 heteroatoms. The predicted molar refractivity (Wildman–Crippen MR) is 120 cm³/mol. The predicted octanol–water partition coefficient (Wildman–Crippen LogP) is 2.49. The first-order chi connectivity index (χ1) is 15.0. The number of hydrogen-bond acceptors (Lipinski definition) is 4. The van der Waals surface area contributed by atoms with Gasteiger partial charge in [-0.05, 0) is 36.6 Å². The van der Waals surface area contributed by atoms with Crippen LogP contribution in [-0.4, -0.2) is 72.4 Å². The summed E-state index contributed by atoms with van der Waals surface area (Å²) in [4.78, 5) is 32.4. The Balaban J connectivity index is 1.42. The van der Waals surface area contributed by atoms with Crippen LogP contribution in [0.4, 0.5) is 0 Å². The number of methoxy groups -OCH3 is 1. The van der Waals surface area contributed by atoms with Gasteiger partial charge in [-0.15, -0.1) is 0 Å². The minimum atomic E-state index is -0.249. The lowest BCUT2D eigenvalue weighted by Crippen LogP contribution is -2.59. The molecular formula is C25H31N3O3. The van der Waals surface area contributed by atoms with Crippen molar-refractivity contribution in [2.75, 3.05) is 39.8 Å². The molecule has 2 saturated heterocycles. The highest BCUT2D eigenvalue weighted by Crippen LogP contribution is 2.20. The number of nitrogens with zero attached hydrogens (tertiary/aromatic N) is 3. The third-order valence-electron chi connectivity index (χ3n) is 6.28. The quantitative estimate of drug-likeness (QED) is 0.744. The molecule has 0 aliphatic carbocycles. The van der Waals surface area contributed by atoms with E-state index >= 15 is 0 Å². The van der Waals surface area contributed by atoms with E-state index in [0.29, 0.717) is 26.1 Å². The molecule has 1 unspecified atom stereocenters. The Morgan fingerprint density at radius 2 is 1.84 bits per heavy atom. The van der Waals surface area contributed by atoms with Gasteiger partial charge < -0.3 is 14.5 Å². The van der Waals surface area contributed by atoms with Gasteiger partial charge in [0.25, 0.3) is 0 Å². The van der Waals surface area contributed by atoms with Crippen LogP contribution in [0.1, 0.15) is 23.1 Å². The molecule has 2 heterocycles. The van der Waals surface area contributed by atoms with Crippen molar-refractivity contribution in [2.24, 2.45) is 0 Å². The number of benzene rings is 2. The lowest BCUT2D eigenvalue weighted by Gasteiger charge is -2.40. The molecular weight excluding hydrogens is 390 g/mol. The zero-order valence-corrected chi connectivity index (χ0v) is 18.4.